The number of amides is 1. The second kappa shape index (κ2) is 4.74. The van der Waals surface area contributed by atoms with Crippen LogP contribution in [-0.2, 0) is 13.8 Å². The Morgan fingerprint density at radius 3 is 2.53 bits per heavy atom. The van der Waals surface area contributed by atoms with Crippen LogP contribution in [0.25, 0.3) is 0 Å². The van der Waals surface area contributed by atoms with Gasteiger partial charge in [0, 0.05) is 27.2 Å². The molecule has 0 aromatic heterocycles. The van der Waals surface area contributed by atoms with Gasteiger partial charge >= 0.3 is 0 Å². The number of rotatable bonds is 2. The first kappa shape index (κ1) is 13.1. The molecule has 1 amide bonds. The minimum absolute atomic E-state index is 0.0448. The SMILES string of the molecule is O=C1CC(S(=O)(=O)Cl)CN1c1ccccc1I. The van der Waals surface area contributed by atoms with Crippen LogP contribution >= 0.6 is 33.3 Å². The molecule has 4 nitrogen and oxygen atoms in total. The Balaban J connectivity index is 2.31. The molecule has 0 saturated carbocycles. The quantitative estimate of drug-likeness (QED) is 0.578. The lowest BCUT2D eigenvalue weighted by Crippen LogP contribution is -2.27. The largest absolute Gasteiger partial charge is 0.310 e. The van der Waals surface area contributed by atoms with Crippen molar-refractivity contribution in [2.75, 3.05) is 11.4 Å². The van der Waals surface area contributed by atoms with Crippen LogP contribution in [0.3, 0.4) is 0 Å². The number of para-hydroxylation sites is 1. The maximum absolute atomic E-state index is 11.8. The number of anilines is 1. The standard InChI is InChI=1S/C10H9ClINO3S/c11-17(15,16)7-5-10(14)13(6-7)9-4-2-1-3-8(9)12/h1-4,7H,5-6H2. The van der Waals surface area contributed by atoms with Crippen molar-refractivity contribution in [1.82, 2.24) is 0 Å². The Hall–Kier alpha value is -0.340. The molecular weight excluding hydrogens is 377 g/mol. The van der Waals surface area contributed by atoms with Crippen molar-refractivity contribution in [2.24, 2.45) is 0 Å². The topological polar surface area (TPSA) is 54.5 Å². The lowest BCUT2D eigenvalue weighted by Gasteiger charge is -2.17. The smallest absolute Gasteiger partial charge is 0.237 e. The van der Waals surface area contributed by atoms with Crippen LogP contribution in [0.2, 0.25) is 0 Å². The Bertz CT molecular complexity index is 560. The maximum Gasteiger partial charge on any atom is 0.237 e. The zero-order valence-electron chi connectivity index (χ0n) is 8.64. The minimum Gasteiger partial charge on any atom is -0.310 e. The fourth-order valence-corrected chi connectivity index (χ4v) is 3.47. The van der Waals surface area contributed by atoms with Gasteiger partial charge in [-0.1, -0.05) is 12.1 Å². The first-order valence-corrected chi connectivity index (χ1v) is 8.33. The summed E-state index contributed by atoms with van der Waals surface area (Å²) in [4.78, 5) is 13.3. The molecule has 2 rings (SSSR count). The van der Waals surface area contributed by atoms with Crippen LogP contribution in [0.5, 0.6) is 0 Å². The molecule has 1 atom stereocenters. The predicted octanol–water partition coefficient (Wildman–Crippen LogP) is 1.97. The molecule has 1 aromatic carbocycles. The molecule has 1 aliphatic rings. The van der Waals surface area contributed by atoms with Crippen molar-refractivity contribution in [3.63, 3.8) is 0 Å². The highest BCUT2D eigenvalue weighted by molar-refractivity contribution is 14.1. The second-order valence-corrected chi connectivity index (χ2v) is 7.83. The summed E-state index contributed by atoms with van der Waals surface area (Å²) in [5.74, 6) is -0.205. The fourth-order valence-electron chi connectivity index (χ4n) is 1.77. The molecule has 17 heavy (non-hydrogen) atoms. The molecule has 0 N–H and O–H groups in total. The number of hydrogen-bond donors (Lipinski definition) is 0. The molecule has 1 aromatic rings. The van der Waals surface area contributed by atoms with Gasteiger partial charge < -0.3 is 4.90 Å². The molecule has 92 valence electrons. The van der Waals surface area contributed by atoms with E-state index in [9.17, 15) is 13.2 Å². The number of benzene rings is 1. The fraction of sp³-hybridized carbons (Fsp3) is 0.300. The summed E-state index contributed by atoms with van der Waals surface area (Å²) >= 11 is 2.11. The molecule has 1 unspecified atom stereocenters. The van der Waals surface area contributed by atoms with E-state index < -0.39 is 14.3 Å². The highest BCUT2D eigenvalue weighted by Gasteiger charge is 2.38. The number of carbonyl (C=O) groups excluding carboxylic acids is 1. The average molecular weight is 386 g/mol. The van der Waals surface area contributed by atoms with E-state index in [-0.39, 0.29) is 18.9 Å². The molecule has 7 heteroatoms. The first-order valence-electron chi connectivity index (χ1n) is 4.88. The van der Waals surface area contributed by atoms with Gasteiger partial charge in [0.2, 0.25) is 15.0 Å². The zero-order chi connectivity index (χ0) is 12.6. The van der Waals surface area contributed by atoms with Gasteiger partial charge in [-0.25, -0.2) is 8.42 Å². The van der Waals surface area contributed by atoms with E-state index in [0.717, 1.165) is 9.26 Å². The van der Waals surface area contributed by atoms with Crippen LogP contribution in [0.15, 0.2) is 24.3 Å². The Kier molecular flexibility index (Phi) is 3.65. The molecule has 0 spiro atoms. The third-order valence-corrected chi connectivity index (χ3v) is 5.41. The van der Waals surface area contributed by atoms with Crippen LogP contribution in [0, 0.1) is 3.57 Å². The van der Waals surface area contributed by atoms with Gasteiger partial charge in [-0.2, -0.15) is 0 Å². The van der Waals surface area contributed by atoms with E-state index in [2.05, 4.69) is 22.6 Å². The molecular formula is C10H9ClINO3S. The summed E-state index contributed by atoms with van der Waals surface area (Å²) in [6, 6.07) is 7.34. The molecule has 0 aliphatic carbocycles. The van der Waals surface area contributed by atoms with Gasteiger partial charge in [-0.3, -0.25) is 4.79 Å². The lowest BCUT2D eigenvalue weighted by atomic mass is 10.3. The first-order chi connectivity index (χ1) is 7.89. The van der Waals surface area contributed by atoms with E-state index in [4.69, 9.17) is 10.7 Å². The highest BCUT2D eigenvalue weighted by Crippen LogP contribution is 2.29. The summed E-state index contributed by atoms with van der Waals surface area (Å²) in [6.07, 6.45) is -0.0448. The van der Waals surface area contributed by atoms with Crippen molar-refractivity contribution in [1.29, 1.82) is 0 Å². The number of carbonyl (C=O) groups is 1. The third kappa shape index (κ3) is 2.74. The van der Waals surface area contributed by atoms with Gasteiger partial charge in [0.05, 0.1) is 5.69 Å². The van der Waals surface area contributed by atoms with Crippen molar-refractivity contribution in [3.05, 3.63) is 27.8 Å². The Morgan fingerprint density at radius 2 is 2.00 bits per heavy atom. The maximum atomic E-state index is 11.8. The Labute approximate surface area is 118 Å². The van der Waals surface area contributed by atoms with Crippen LogP contribution in [-0.4, -0.2) is 26.1 Å². The van der Waals surface area contributed by atoms with Crippen LogP contribution in [0.4, 0.5) is 5.69 Å². The average Bonchev–Trinajstić information content (AvgIpc) is 2.61. The Morgan fingerprint density at radius 1 is 1.35 bits per heavy atom. The normalized spacial score (nSPS) is 20.9. The molecule has 1 heterocycles. The zero-order valence-corrected chi connectivity index (χ0v) is 12.4. The van der Waals surface area contributed by atoms with Crippen molar-refractivity contribution in [2.45, 2.75) is 11.7 Å². The minimum atomic E-state index is -3.68. The summed E-state index contributed by atoms with van der Waals surface area (Å²) in [7, 11) is 1.61. The van der Waals surface area contributed by atoms with Gasteiger partial charge in [0.25, 0.3) is 0 Å². The van der Waals surface area contributed by atoms with E-state index in [1.807, 2.05) is 18.2 Å². The summed E-state index contributed by atoms with van der Waals surface area (Å²) in [5, 5.41) is -0.812. The van der Waals surface area contributed by atoms with Gasteiger partial charge in [0.1, 0.15) is 5.25 Å². The van der Waals surface area contributed by atoms with Crippen LogP contribution in [0.1, 0.15) is 6.42 Å². The van der Waals surface area contributed by atoms with E-state index in [1.54, 1.807) is 6.07 Å². The molecule has 1 saturated heterocycles. The number of halogens is 2. The molecule has 1 aliphatic heterocycles. The number of nitrogens with zero attached hydrogens (tertiary/aromatic N) is 1. The van der Waals surface area contributed by atoms with Crippen LogP contribution < -0.4 is 4.90 Å². The predicted molar refractivity (Wildman–Crippen MR) is 74.7 cm³/mol. The van der Waals surface area contributed by atoms with Crippen molar-refractivity contribution < 1.29 is 13.2 Å². The third-order valence-electron chi connectivity index (χ3n) is 2.63. The van der Waals surface area contributed by atoms with E-state index in [0.29, 0.717) is 0 Å². The molecule has 0 radical (unpaired) electrons. The summed E-state index contributed by atoms with van der Waals surface area (Å²) in [5.41, 5.74) is 0.737. The summed E-state index contributed by atoms with van der Waals surface area (Å²) in [6.45, 7) is 0.130. The molecule has 1 fully saturated rings. The summed E-state index contributed by atoms with van der Waals surface area (Å²) < 4.78 is 23.4. The highest BCUT2D eigenvalue weighted by atomic mass is 127. The molecule has 0 bridgehead atoms. The van der Waals surface area contributed by atoms with Gasteiger partial charge in [-0.15, -0.1) is 0 Å². The number of hydrogen-bond acceptors (Lipinski definition) is 3. The van der Waals surface area contributed by atoms with Gasteiger partial charge in [-0.05, 0) is 34.7 Å². The van der Waals surface area contributed by atoms with Gasteiger partial charge in [0.15, 0.2) is 0 Å². The van der Waals surface area contributed by atoms with Crippen molar-refractivity contribution >= 4 is 53.9 Å². The second-order valence-electron chi connectivity index (χ2n) is 3.76. The van der Waals surface area contributed by atoms with E-state index in [1.165, 1.54) is 4.90 Å². The van der Waals surface area contributed by atoms with E-state index >= 15 is 0 Å². The lowest BCUT2D eigenvalue weighted by molar-refractivity contribution is -0.117. The monoisotopic (exact) mass is 385 g/mol. The van der Waals surface area contributed by atoms with Crippen molar-refractivity contribution in [3.8, 4) is 0 Å².